The van der Waals surface area contributed by atoms with Crippen LogP contribution < -0.4 is 0 Å². The molecule has 0 radical (unpaired) electrons. The minimum atomic E-state index is -1.51. The maximum Gasteiger partial charge on any atom is 0.194 e. The van der Waals surface area contributed by atoms with E-state index in [1.54, 1.807) is 6.92 Å². The smallest absolute Gasteiger partial charge is 0.194 e. The van der Waals surface area contributed by atoms with Gasteiger partial charge in [-0.3, -0.25) is 0 Å². The molecular weight excluding hydrogens is 241 g/mol. The van der Waals surface area contributed by atoms with Crippen LogP contribution in [0.25, 0.3) is 5.69 Å². The van der Waals surface area contributed by atoms with Crippen molar-refractivity contribution in [1.82, 2.24) is 9.78 Å². The van der Waals surface area contributed by atoms with E-state index in [0.29, 0.717) is 5.69 Å². The summed E-state index contributed by atoms with van der Waals surface area (Å²) >= 11 is 5.79. The lowest BCUT2D eigenvalue weighted by Crippen LogP contribution is -2.01. The third-order valence-electron chi connectivity index (χ3n) is 2.00. The van der Waals surface area contributed by atoms with E-state index in [4.69, 9.17) is 11.6 Å². The second-order valence-corrected chi connectivity index (χ2v) is 3.63. The zero-order valence-electron chi connectivity index (χ0n) is 8.14. The van der Waals surface area contributed by atoms with Crippen LogP contribution >= 0.6 is 11.6 Å². The molecule has 1 heterocycles. The molecule has 0 bridgehead atoms. The molecule has 0 saturated carbocycles. The van der Waals surface area contributed by atoms with Crippen LogP contribution in [0.15, 0.2) is 18.2 Å². The summed E-state index contributed by atoms with van der Waals surface area (Å²) in [6.45, 7) is 1.68. The Hall–Kier alpha value is -1.49. The number of halogens is 4. The van der Waals surface area contributed by atoms with Gasteiger partial charge in [0.05, 0.1) is 11.4 Å². The van der Waals surface area contributed by atoms with E-state index in [1.165, 1.54) is 6.07 Å². The van der Waals surface area contributed by atoms with Crippen LogP contribution in [-0.2, 0) is 0 Å². The third kappa shape index (κ3) is 1.78. The highest BCUT2D eigenvalue weighted by Gasteiger charge is 2.13. The first-order valence-electron chi connectivity index (χ1n) is 4.36. The minimum absolute atomic E-state index is 0.0366. The number of benzene rings is 1. The van der Waals surface area contributed by atoms with Crippen molar-refractivity contribution in [2.24, 2.45) is 0 Å². The Bertz CT molecular complexity index is 528. The van der Waals surface area contributed by atoms with E-state index in [-0.39, 0.29) is 10.8 Å². The first-order valence-corrected chi connectivity index (χ1v) is 4.74. The summed E-state index contributed by atoms with van der Waals surface area (Å²) < 4.78 is 39.8. The molecule has 2 nitrogen and oxygen atoms in total. The van der Waals surface area contributed by atoms with Crippen LogP contribution in [0.5, 0.6) is 0 Å². The van der Waals surface area contributed by atoms with Gasteiger partial charge in [-0.1, -0.05) is 11.6 Å². The highest BCUT2D eigenvalue weighted by atomic mass is 35.5. The maximum atomic E-state index is 13.0. The van der Waals surface area contributed by atoms with E-state index in [1.807, 2.05) is 0 Å². The van der Waals surface area contributed by atoms with Gasteiger partial charge in [-0.05, 0) is 13.0 Å². The Morgan fingerprint density at radius 1 is 1.12 bits per heavy atom. The highest BCUT2D eigenvalue weighted by molar-refractivity contribution is 6.29. The summed E-state index contributed by atoms with van der Waals surface area (Å²) in [5.74, 6) is -4.07. The number of aromatic nitrogens is 2. The quantitative estimate of drug-likeness (QED) is 0.707. The molecule has 0 aliphatic carbocycles. The van der Waals surface area contributed by atoms with Crippen LogP contribution in [0.1, 0.15) is 5.69 Å². The predicted molar refractivity (Wildman–Crippen MR) is 53.2 cm³/mol. The van der Waals surface area contributed by atoms with Crippen LogP contribution in [-0.4, -0.2) is 9.78 Å². The van der Waals surface area contributed by atoms with Crippen molar-refractivity contribution < 1.29 is 13.2 Å². The minimum Gasteiger partial charge on any atom is -0.222 e. The second kappa shape index (κ2) is 3.83. The monoisotopic (exact) mass is 246 g/mol. The molecule has 84 valence electrons. The van der Waals surface area contributed by atoms with Crippen LogP contribution in [0.2, 0.25) is 5.15 Å². The highest BCUT2D eigenvalue weighted by Crippen LogP contribution is 2.20. The normalized spacial score (nSPS) is 10.8. The van der Waals surface area contributed by atoms with Crippen LogP contribution in [0.3, 0.4) is 0 Å². The molecule has 0 fully saturated rings. The average molecular weight is 247 g/mol. The molecule has 1 aromatic heterocycles. The van der Waals surface area contributed by atoms with E-state index in [9.17, 15) is 13.2 Å². The number of hydrogen-bond donors (Lipinski definition) is 0. The summed E-state index contributed by atoms with van der Waals surface area (Å²) in [5.41, 5.74) is 0.629. The Balaban J connectivity index is 2.61. The van der Waals surface area contributed by atoms with E-state index in [0.717, 1.165) is 16.8 Å². The average Bonchev–Trinajstić information content (AvgIpc) is 2.53. The van der Waals surface area contributed by atoms with Crippen molar-refractivity contribution in [3.63, 3.8) is 0 Å². The Labute approximate surface area is 94.3 Å². The molecule has 0 spiro atoms. The number of hydrogen-bond acceptors (Lipinski definition) is 1. The molecule has 0 aliphatic rings. The van der Waals surface area contributed by atoms with Gasteiger partial charge in [0.2, 0.25) is 0 Å². The fourth-order valence-electron chi connectivity index (χ4n) is 1.31. The van der Waals surface area contributed by atoms with Crippen LogP contribution in [0, 0.1) is 24.4 Å². The topological polar surface area (TPSA) is 17.8 Å². The lowest BCUT2D eigenvalue weighted by molar-refractivity contribution is 0.446. The molecule has 0 N–H and O–H groups in total. The van der Waals surface area contributed by atoms with Crippen molar-refractivity contribution >= 4 is 11.6 Å². The largest absolute Gasteiger partial charge is 0.222 e. The Morgan fingerprint density at radius 3 is 2.12 bits per heavy atom. The molecule has 0 unspecified atom stereocenters. The molecule has 0 amide bonds. The molecule has 0 atom stereocenters. The van der Waals surface area contributed by atoms with Crippen molar-refractivity contribution in [3.8, 4) is 5.69 Å². The molecule has 0 saturated heterocycles. The maximum absolute atomic E-state index is 13.0. The molecule has 0 aliphatic heterocycles. The van der Waals surface area contributed by atoms with Gasteiger partial charge < -0.3 is 0 Å². The van der Waals surface area contributed by atoms with Gasteiger partial charge in [-0.15, -0.1) is 0 Å². The summed E-state index contributed by atoms with van der Waals surface area (Å²) in [7, 11) is 0. The van der Waals surface area contributed by atoms with Gasteiger partial charge in [-0.25, -0.2) is 17.9 Å². The van der Waals surface area contributed by atoms with Gasteiger partial charge in [0, 0.05) is 12.1 Å². The van der Waals surface area contributed by atoms with Crippen molar-refractivity contribution in [1.29, 1.82) is 0 Å². The Morgan fingerprint density at radius 2 is 1.69 bits per heavy atom. The first-order chi connectivity index (χ1) is 7.49. The molecule has 2 rings (SSSR count). The summed E-state index contributed by atoms with van der Waals surface area (Å²) in [6.07, 6.45) is 0. The molecule has 6 heteroatoms. The number of nitrogens with zero attached hydrogens (tertiary/aromatic N) is 2. The number of rotatable bonds is 1. The zero-order valence-corrected chi connectivity index (χ0v) is 8.89. The van der Waals surface area contributed by atoms with Crippen LogP contribution in [0.4, 0.5) is 13.2 Å². The second-order valence-electron chi connectivity index (χ2n) is 3.24. The standard InChI is InChI=1S/C10H6ClF3N2/c1-5-2-9(11)16(15-5)6-3-7(12)10(14)8(13)4-6/h2-4H,1H3. The van der Waals surface area contributed by atoms with Crippen molar-refractivity contribution in [3.05, 3.63) is 46.5 Å². The zero-order chi connectivity index (χ0) is 11.9. The molecule has 1 aromatic carbocycles. The fraction of sp³-hybridized carbons (Fsp3) is 0.100. The molecular formula is C10H6ClF3N2. The third-order valence-corrected chi connectivity index (χ3v) is 2.27. The van der Waals surface area contributed by atoms with Gasteiger partial charge in [-0.2, -0.15) is 5.10 Å². The predicted octanol–water partition coefficient (Wildman–Crippen LogP) is 3.25. The van der Waals surface area contributed by atoms with Crippen molar-refractivity contribution in [2.75, 3.05) is 0 Å². The summed E-state index contributed by atoms with van der Waals surface area (Å²) in [4.78, 5) is 0. The SMILES string of the molecule is Cc1cc(Cl)n(-c2cc(F)c(F)c(F)c2)n1. The van der Waals surface area contributed by atoms with E-state index in [2.05, 4.69) is 5.10 Å². The fourth-order valence-corrected chi connectivity index (χ4v) is 1.61. The lowest BCUT2D eigenvalue weighted by atomic mass is 10.3. The van der Waals surface area contributed by atoms with E-state index >= 15 is 0 Å². The summed E-state index contributed by atoms with van der Waals surface area (Å²) in [5, 5.41) is 4.12. The van der Waals surface area contributed by atoms with Gasteiger partial charge in [0.15, 0.2) is 17.5 Å². The number of aryl methyl sites for hydroxylation is 1. The van der Waals surface area contributed by atoms with Gasteiger partial charge in [0.25, 0.3) is 0 Å². The first kappa shape index (κ1) is 11.0. The van der Waals surface area contributed by atoms with Gasteiger partial charge >= 0.3 is 0 Å². The van der Waals surface area contributed by atoms with Crippen molar-refractivity contribution in [2.45, 2.75) is 6.92 Å². The lowest BCUT2D eigenvalue weighted by Gasteiger charge is -2.04. The Kier molecular flexibility index (Phi) is 2.63. The van der Waals surface area contributed by atoms with Gasteiger partial charge in [0.1, 0.15) is 5.15 Å². The van der Waals surface area contributed by atoms with E-state index < -0.39 is 17.5 Å². The summed E-state index contributed by atoms with van der Waals surface area (Å²) in [6, 6.07) is 3.19. The molecule has 2 aromatic rings. The molecule has 16 heavy (non-hydrogen) atoms.